The van der Waals surface area contributed by atoms with Crippen molar-refractivity contribution in [2.75, 3.05) is 49.8 Å². The molecular weight excluding hydrogens is 466 g/mol. The van der Waals surface area contributed by atoms with E-state index in [2.05, 4.69) is 50.0 Å². The van der Waals surface area contributed by atoms with Gasteiger partial charge in [0.2, 0.25) is 11.9 Å². The Morgan fingerprint density at radius 2 is 1.92 bits per heavy atom. The van der Waals surface area contributed by atoms with Crippen LogP contribution >= 0.6 is 0 Å². The number of phenolic OH excluding ortho intramolecular Hbond substituents is 1. The SMILES string of the molecule is C=CC(=O)Nc1cc(Nc2ncc(C)c(-c3cn(C)c4ccccc34)n2)c(O)cc1N(C)CCN(C)C. The van der Waals surface area contributed by atoms with Crippen molar-refractivity contribution in [1.29, 1.82) is 0 Å². The maximum absolute atomic E-state index is 12.2. The molecule has 0 aliphatic rings. The number of phenols is 1. The Balaban J connectivity index is 1.71. The van der Waals surface area contributed by atoms with Gasteiger partial charge in [-0.25, -0.2) is 9.97 Å². The lowest BCUT2D eigenvalue weighted by Gasteiger charge is -2.25. The van der Waals surface area contributed by atoms with Gasteiger partial charge in [-0.05, 0) is 44.8 Å². The Kier molecular flexibility index (Phi) is 7.45. The van der Waals surface area contributed by atoms with Gasteiger partial charge in [-0.3, -0.25) is 4.79 Å². The van der Waals surface area contributed by atoms with Gasteiger partial charge >= 0.3 is 0 Å². The van der Waals surface area contributed by atoms with E-state index in [9.17, 15) is 9.90 Å². The average molecular weight is 500 g/mol. The van der Waals surface area contributed by atoms with E-state index in [4.69, 9.17) is 4.98 Å². The standard InChI is InChI=1S/C28H33N7O2/c1-7-26(37)30-21-14-22(25(36)15-24(21)34(5)13-12-33(3)4)31-28-29-16-18(2)27(32-28)20-17-35(6)23-11-9-8-10-19(20)23/h7-11,14-17,36H,1,12-13H2,2-6H3,(H,30,37)(H,29,31,32). The first kappa shape index (κ1) is 25.7. The molecule has 9 heteroatoms. The maximum atomic E-state index is 12.2. The van der Waals surface area contributed by atoms with E-state index in [1.807, 2.05) is 52.1 Å². The highest BCUT2D eigenvalue weighted by Crippen LogP contribution is 2.38. The molecule has 0 atom stereocenters. The summed E-state index contributed by atoms with van der Waals surface area (Å²) in [4.78, 5) is 25.4. The molecule has 37 heavy (non-hydrogen) atoms. The molecule has 4 rings (SSSR count). The van der Waals surface area contributed by atoms with Crippen LogP contribution in [0.25, 0.3) is 22.2 Å². The number of benzene rings is 2. The van der Waals surface area contributed by atoms with Crippen LogP contribution in [-0.4, -0.2) is 64.7 Å². The van der Waals surface area contributed by atoms with Crippen LogP contribution in [0.5, 0.6) is 5.75 Å². The second-order valence-electron chi connectivity index (χ2n) is 9.33. The molecule has 0 fully saturated rings. The van der Waals surface area contributed by atoms with E-state index in [-0.39, 0.29) is 11.7 Å². The number of carbonyl (C=O) groups is 1. The number of fused-ring (bicyclic) bond motifs is 1. The number of aryl methyl sites for hydroxylation is 2. The summed E-state index contributed by atoms with van der Waals surface area (Å²) in [5.74, 6) is 0.00135. The molecule has 3 N–H and O–H groups in total. The minimum absolute atomic E-state index is 0.0131. The van der Waals surface area contributed by atoms with Gasteiger partial charge < -0.3 is 30.1 Å². The fraction of sp³-hybridized carbons (Fsp3) is 0.250. The summed E-state index contributed by atoms with van der Waals surface area (Å²) in [6.07, 6.45) is 5.03. The average Bonchev–Trinajstić information content (AvgIpc) is 3.21. The van der Waals surface area contributed by atoms with Gasteiger partial charge in [0.25, 0.3) is 0 Å². The van der Waals surface area contributed by atoms with E-state index >= 15 is 0 Å². The van der Waals surface area contributed by atoms with Crippen LogP contribution in [0.4, 0.5) is 23.0 Å². The molecule has 0 spiro atoms. The molecule has 2 aromatic heterocycles. The fourth-order valence-electron chi connectivity index (χ4n) is 4.17. The molecule has 0 radical (unpaired) electrons. The predicted molar refractivity (Wildman–Crippen MR) is 151 cm³/mol. The lowest BCUT2D eigenvalue weighted by molar-refractivity contribution is -0.111. The van der Waals surface area contributed by atoms with E-state index in [0.29, 0.717) is 29.6 Å². The monoisotopic (exact) mass is 499 g/mol. The van der Waals surface area contributed by atoms with Crippen molar-refractivity contribution in [3.63, 3.8) is 0 Å². The first-order chi connectivity index (χ1) is 17.7. The second kappa shape index (κ2) is 10.7. The Morgan fingerprint density at radius 1 is 1.16 bits per heavy atom. The number of likely N-dealkylation sites (N-methyl/N-ethyl adjacent to an activating group) is 2. The number of aromatic hydroxyl groups is 1. The summed E-state index contributed by atoms with van der Waals surface area (Å²) in [7, 11) is 7.91. The quantitative estimate of drug-likeness (QED) is 0.177. The number of anilines is 4. The third-order valence-corrected chi connectivity index (χ3v) is 6.22. The van der Waals surface area contributed by atoms with Crippen LogP contribution in [0, 0.1) is 6.92 Å². The Hall–Kier alpha value is -4.37. The third kappa shape index (κ3) is 5.57. The van der Waals surface area contributed by atoms with Crippen molar-refractivity contribution in [2.45, 2.75) is 6.92 Å². The molecule has 9 nitrogen and oxygen atoms in total. The van der Waals surface area contributed by atoms with Gasteiger partial charge in [0.05, 0.1) is 22.8 Å². The number of nitrogens with zero attached hydrogens (tertiary/aromatic N) is 5. The Morgan fingerprint density at radius 3 is 2.65 bits per heavy atom. The second-order valence-corrected chi connectivity index (χ2v) is 9.33. The molecule has 1 amide bonds. The van der Waals surface area contributed by atoms with Crippen LogP contribution in [0.3, 0.4) is 0 Å². The highest BCUT2D eigenvalue weighted by molar-refractivity contribution is 6.02. The first-order valence-corrected chi connectivity index (χ1v) is 12.0. The van der Waals surface area contributed by atoms with Crippen LogP contribution in [-0.2, 0) is 11.8 Å². The Labute approximate surface area is 217 Å². The van der Waals surface area contributed by atoms with Crippen molar-refractivity contribution in [3.8, 4) is 17.0 Å². The van der Waals surface area contributed by atoms with E-state index in [0.717, 1.165) is 34.3 Å². The largest absolute Gasteiger partial charge is 0.506 e. The van der Waals surface area contributed by atoms with Crippen molar-refractivity contribution in [2.24, 2.45) is 7.05 Å². The lowest BCUT2D eigenvalue weighted by Crippen LogP contribution is -2.29. The molecule has 0 bridgehead atoms. The summed E-state index contributed by atoms with van der Waals surface area (Å²) in [6, 6.07) is 11.5. The number of hydrogen-bond acceptors (Lipinski definition) is 7. The molecular formula is C28H33N7O2. The first-order valence-electron chi connectivity index (χ1n) is 12.0. The molecule has 0 unspecified atom stereocenters. The number of para-hydroxylation sites is 1. The number of rotatable bonds is 9. The van der Waals surface area contributed by atoms with Crippen LogP contribution in [0.1, 0.15) is 5.56 Å². The van der Waals surface area contributed by atoms with Crippen molar-refractivity contribution < 1.29 is 9.90 Å². The van der Waals surface area contributed by atoms with Crippen LogP contribution in [0.15, 0.2) is 61.4 Å². The third-order valence-electron chi connectivity index (χ3n) is 6.22. The van der Waals surface area contributed by atoms with Gasteiger partial charge in [0.15, 0.2) is 0 Å². The van der Waals surface area contributed by atoms with E-state index in [1.54, 1.807) is 18.3 Å². The highest BCUT2D eigenvalue weighted by Gasteiger charge is 2.17. The number of amides is 1. The summed E-state index contributed by atoms with van der Waals surface area (Å²) in [5.41, 5.74) is 5.43. The highest BCUT2D eigenvalue weighted by atomic mass is 16.3. The number of aromatic nitrogens is 3. The fourth-order valence-corrected chi connectivity index (χ4v) is 4.17. The normalized spacial score (nSPS) is 11.1. The topological polar surface area (TPSA) is 98.5 Å². The zero-order valence-corrected chi connectivity index (χ0v) is 21.9. The minimum Gasteiger partial charge on any atom is -0.506 e. The molecule has 4 aromatic rings. The Bertz CT molecular complexity index is 1460. The molecule has 0 aliphatic heterocycles. The van der Waals surface area contributed by atoms with Crippen molar-refractivity contribution >= 4 is 39.8 Å². The summed E-state index contributed by atoms with van der Waals surface area (Å²) < 4.78 is 2.07. The van der Waals surface area contributed by atoms with Gasteiger partial charge in [0.1, 0.15) is 5.75 Å². The van der Waals surface area contributed by atoms with E-state index < -0.39 is 0 Å². The zero-order chi connectivity index (χ0) is 26.7. The van der Waals surface area contributed by atoms with Crippen molar-refractivity contribution in [1.82, 2.24) is 19.4 Å². The number of carbonyl (C=O) groups excluding carboxylic acids is 1. The van der Waals surface area contributed by atoms with Gasteiger partial charge in [-0.15, -0.1) is 0 Å². The molecule has 2 aromatic carbocycles. The zero-order valence-electron chi connectivity index (χ0n) is 21.9. The molecule has 0 saturated heterocycles. The smallest absolute Gasteiger partial charge is 0.247 e. The molecule has 0 saturated carbocycles. The number of hydrogen-bond donors (Lipinski definition) is 3. The minimum atomic E-state index is -0.344. The summed E-state index contributed by atoms with van der Waals surface area (Å²) in [5, 5.41) is 18.0. The summed E-state index contributed by atoms with van der Waals surface area (Å²) in [6.45, 7) is 7.03. The van der Waals surface area contributed by atoms with Gasteiger partial charge in [-0.2, -0.15) is 0 Å². The lowest BCUT2D eigenvalue weighted by atomic mass is 10.1. The van der Waals surface area contributed by atoms with Crippen molar-refractivity contribution in [3.05, 3.63) is 67.0 Å². The number of nitrogens with one attached hydrogen (secondary N) is 2. The maximum Gasteiger partial charge on any atom is 0.247 e. The predicted octanol–water partition coefficient (Wildman–Crippen LogP) is 4.52. The van der Waals surface area contributed by atoms with E-state index in [1.165, 1.54) is 6.08 Å². The van der Waals surface area contributed by atoms with Gasteiger partial charge in [-0.1, -0.05) is 24.8 Å². The summed E-state index contributed by atoms with van der Waals surface area (Å²) >= 11 is 0. The van der Waals surface area contributed by atoms with Crippen LogP contribution < -0.4 is 15.5 Å². The molecule has 0 aliphatic carbocycles. The van der Waals surface area contributed by atoms with Crippen LogP contribution in [0.2, 0.25) is 0 Å². The molecule has 192 valence electrons. The molecule has 2 heterocycles. The van der Waals surface area contributed by atoms with Gasteiger partial charge in [0, 0.05) is 62.1 Å².